The van der Waals surface area contributed by atoms with Crippen molar-refractivity contribution in [1.29, 1.82) is 0 Å². The van der Waals surface area contributed by atoms with Crippen LogP contribution in [0.2, 0.25) is 12.6 Å². The Morgan fingerprint density at radius 2 is 1.85 bits per heavy atom. The zero-order valence-corrected chi connectivity index (χ0v) is 9.75. The third kappa shape index (κ3) is 5.02. The predicted octanol–water partition coefficient (Wildman–Crippen LogP) is 1.30. The van der Waals surface area contributed by atoms with Crippen molar-refractivity contribution in [3.8, 4) is 0 Å². The highest BCUT2D eigenvalue weighted by molar-refractivity contribution is 6.66. The van der Waals surface area contributed by atoms with E-state index in [1.807, 2.05) is 6.55 Å². The van der Waals surface area contributed by atoms with Crippen molar-refractivity contribution in [2.45, 2.75) is 25.9 Å². The van der Waals surface area contributed by atoms with Gasteiger partial charge in [-0.3, -0.25) is 4.79 Å². The Balaban J connectivity index is 3.67. The lowest BCUT2D eigenvalue weighted by Gasteiger charge is -2.22. The molecule has 0 saturated carbocycles. The van der Waals surface area contributed by atoms with E-state index in [4.69, 9.17) is 13.6 Å². The smallest absolute Gasteiger partial charge is 0.337 e. The Labute approximate surface area is 80.4 Å². The molecule has 0 unspecified atom stereocenters. The van der Waals surface area contributed by atoms with Gasteiger partial charge in [-0.1, -0.05) is 6.92 Å². The first-order chi connectivity index (χ1) is 6.08. The van der Waals surface area contributed by atoms with Crippen molar-refractivity contribution in [2.24, 2.45) is 0 Å². The van der Waals surface area contributed by atoms with Crippen LogP contribution in [-0.2, 0) is 18.4 Å². The van der Waals surface area contributed by atoms with Crippen LogP contribution in [0.1, 0.15) is 13.3 Å². The van der Waals surface area contributed by atoms with Crippen LogP contribution in [0.4, 0.5) is 0 Å². The van der Waals surface area contributed by atoms with Crippen molar-refractivity contribution < 1.29 is 18.4 Å². The number of esters is 1. The van der Waals surface area contributed by atoms with Gasteiger partial charge in [0.2, 0.25) is 0 Å². The van der Waals surface area contributed by atoms with E-state index in [0.717, 1.165) is 0 Å². The van der Waals surface area contributed by atoms with E-state index in [-0.39, 0.29) is 5.97 Å². The Bertz CT molecular complexity index is 156. The molecule has 0 aliphatic heterocycles. The van der Waals surface area contributed by atoms with E-state index in [1.165, 1.54) is 0 Å². The average Bonchev–Trinajstić information content (AvgIpc) is 2.17. The van der Waals surface area contributed by atoms with Gasteiger partial charge in [-0.15, -0.1) is 0 Å². The normalized spacial score (nSPS) is 11.4. The van der Waals surface area contributed by atoms with E-state index in [9.17, 15) is 4.79 Å². The second-order valence-corrected chi connectivity index (χ2v) is 6.45. The fourth-order valence-corrected chi connectivity index (χ4v) is 1.79. The maximum absolute atomic E-state index is 10.8. The summed E-state index contributed by atoms with van der Waals surface area (Å²) in [5.74, 6) is -0.177. The molecule has 0 spiro atoms. The standard InChI is InChI=1S/C8H18O4Si/c1-5-8(9)12-6-7-13(4,10-2)11-3/h5-7H2,1-4H3. The molecule has 0 bridgehead atoms. The molecule has 0 radical (unpaired) electrons. The van der Waals surface area contributed by atoms with Gasteiger partial charge < -0.3 is 13.6 Å². The molecule has 0 aromatic heterocycles. The quantitative estimate of drug-likeness (QED) is 0.485. The maximum atomic E-state index is 10.8. The van der Waals surface area contributed by atoms with E-state index in [1.54, 1.807) is 21.1 Å². The number of ether oxygens (including phenoxy) is 1. The van der Waals surface area contributed by atoms with Gasteiger partial charge in [0.15, 0.2) is 0 Å². The van der Waals surface area contributed by atoms with E-state index >= 15 is 0 Å². The van der Waals surface area contributed by atoms with Gasteiger partial charge in [-0.2, -0.15) is 0 Å². The lowest BCUT2D eigenvalue weighted by Crippen LogP contribution is -2.37. The lowest BCUT2D eigenvalue weighted by atomic mass is 10.5. The van der Waals surface area contributed by atoms with Crippen LogP contribution in [-0.4, -0.2) is 35.4 Å². The van der Waals surface area contributed by atoms with Gasteiger partial charge in [0.05, 0.1) is 6.61 Å². The molecular weight excluding hydrogens is 188 g/mol. The molecule has 13 heavy (non-hydrogen) atoms. The minimum atomic E-state index is -2.05. The lowest BCUT2D eigenvalue weighted by molar-refractivity contribution is -0.142. The summed E-state index contributed by atoms with van der Waals surface area (Å²) in [6.45, 7) is 4.09. The topological polar surface area (TPSA) is 44.8 Å². The summed E-state index contributed by atoms with van der Waals surface area (Å²) >= 11 is 0. The minimum Gasteiger partial charge on any atom is -0.466 e. The largest absolute Gasteiger partial charge is 0.466 e. The first-order valence-electron chi connectivity index (χ1n) is 4.34. The molecule has 5 heteroatoms. The Morgan fingerprint density at radius 3 is 2.23 bits per heavy atom. The van der Waals surface area contributed by atoms with Gasteiger partial charge in [0.25, 0.3) is 0 Å². The Morgan fingerprint density at radius 1 is 1.31 bits per heavy atom. The van der Waals surface area contributed by atoms with Gasteiger partial charge in [0, 0.05) is 26.7 Å². The van der Waals surface area contributed by atoms with Gasteiger partial charge in [-0.05, 0) is 6.55 Å². The predicted molar refractivity (Wildman–Crippen MR) is 51.7 cm³/mol. The molecule has 0 atom stereocenters. The van der Waals surface area contributed by atoms with Gasteiger partial charge >= 0.3 is 14.5 Å². The first kappa shape index (κ1) is 12.6. The van der Waals surface area contributed by atoms with E-state index in [2.05, 4.69) is 0 Å². The molecule has 0 aliphatic carbocycles. The maximum Gasteiger partial charge on any atom is 0.337 e. The van der Waals surface area contributed by atoms with Crippen molar-refractivity contribution in [3.05, 3.63) is 0 Å². The zero-order chi connectivity index (χ0) is 10.3. The molecule has 0 fully saturated rings. The molecular formula is C8H18O4Si. The number of carbonyl (C=O) groups excluding carboxylic acids is 1. The van der Waals surface area contributed by atoms with Crippen molar-refractivity contribution >= 4 is 14.5 Å². The van der Waals surface area contributed by atoms with Crippen LogP contribution in [0.3, 0.4) is 0 Å². The Kier molecular flexibility index (Phi) is 5.94. The first-order valence-corrected chi connectivity index (χ1v) is 6.86. The van der Waals surface area contributed by atoms with Crippen LogP contribution in [0, 0.1) is 0 Å². The summed E-state index contributed by atoms with van der Waals surface area (Å²) in [4.78, 5) is 10.8. The number of hydrogen-bond acceptors (Lipinski definition) is 4. The van der Waals surface area contributed by atoms with Crippen molar-refractivity contribution in [2.75, 3.05) is 20.8 Å². The average molecular weight is 206 g/mol. The van der Waals surface area contributed by atoms with Crippen molar-refractivity contribution in [1.82, 2.24) is 0 Å². The van der Waals surface area contributed by atoms with Crippen LogP contribution in [0.15, 0.2) is 0 Å². The molecule has 0 saturated heterocycles. The number of carbonyl (C=O) groups is 1. The zero-order valence-electron chi connectivity index (χ0n) is 8.75. The molecule has 4 nitrogen and oxygen atoms in total. The Hall–Kier alpha value is -0.393. The van der Waals surface area contributed by atoms with Crippen molar-refractivity contribution in [3.63, 3.8) is 0 Å². The SMILES string of the molecule is CCC(=O)OCC[Si](C)(OC)OC. The summed E-state index contributed by atoms with van der Waals surface area (Å²) in [5, 5.41) is 0. The summed E-state index contributed by atoms with van der Waals surface area (Å²) < 4.78 is 15.4. The molecule has 0 heterocycles. The third-order valence-corrected chi connectivity index (χ3v) is 4.81. The van der Waals surface area contributed by atoms with Gasteiger partial charge in [0.1, 0.15) is 0 Å². The molecule has 0 aromatic carbocycles. The summed E-state index contributed by atoms with van der Waals surface area (Å²) in [6, 6.07) is 0.672. The van der Waals surface area contributed by atoms with Crippen LogP contribution < -0.4 is 0 Å². The monoisotopic (exact) mass is 206 g/mol. The highest BCUT2D eigenvalue weighted by Crippen LogP contribution is 2.10. The number of rotatable bonds is 6. The minimum absolute atomic E-state index is 0.177. The highest BCUT2D eigenvalue weighted by Gasteiger charge is 2.28. The van der Waals surface area contributed by atoms with Crippen LogP contribution >= 0.6 is 0 Å². The molecule has 0 rings (SSSR count). The second-order valence-electron chi connectivity index (χ2n) is 2.87. The van der Waals surface area contributed by atoms with E-state index in [0.29, 0.717) is 19.1 Å². The molecule has 0 aromatic rings. The highest BCUT2D eigenvalue weighted by atomic mass is 28.4. The summed E-state index contributed by atoms with van der Waals surface area (Å²) in [5.41, 5.74) is 0. The third-order valence-electron chi connectivity index (χ3n) is 1.97. The van der Waals surface area contributed by atoms with E-state index < -0.39 is 8.56 Å². The molecule has 78 valence electrons. The summed E-state index contributed by atoms with van der Waals surface area (Å²) in [7, 11) is 1.19. The van der Waals surface area contributed by atoms with Crippen LogP contribution in [0.5, 0.6) is 0 Å². The summed E-state index contributed by atoms with van der Waals surface area (Å²) in [6.07, 6.45) is 0.415. The van der Waals surface area contributed by atoms with Gasteiger partial charge in [-0.25, -0.2) is 0 Å². The molecule has 0 amide bonds. The van der Waals surface area contributed by atoms with Crippen LogP contribution in [0.25, 0.3) is 0 Å². The molecule has 0 aliphatic rings. The fourth-order valence-electron chi connectivity index (χ4n) is 0.740. The fraction of sp³-hybridized carbons (Fsp3) is 0.875. The molecule has 0 N–H and O–H groups in total. The second kappa shape index (κ2) is 6.12. The number of hydrogen-bond donors (Lipinski definition) is 0.